The Bertz CT molecular complexity index is 430. The summed E-state index contributed by atoms with van der Waals surface area (Å²) in [4.78, 5) is 12.6. The van der Waals surface area contributed by atoms with E-state index >= 15 is 0 Å². The second-order valence-corrected chi connectivity index (χ2v) is 5.91. The Morgan fingerprint density at radius 3 is 3.06 bits per heavy atom. The highest BCUT2D eigenvalue weighted by atomic mass is 79.9. The van der Waals surface area contributed by atoms with Gasteiger partial charge in [-0.1, -0.05) is 13.3 Å². The lowest BCUT2D eigenvalue weighted by molar-refractivity contribution is 0.0869. The normalized spacial score (nSPS) is 24.2. The first-order valence-electron chi connectivity index (χ1n) is 6.64. The van der Waals surface area contributed by atoms with Crippen molar-refractivity contribution in [2.24, 2.45) is 11.7 Å². The minimum absolute atomic E-state index is 0.0670. The monoisotopic (exact) mass is 313 g/mol. The summed E-state index contributed by atoms with van der Waals surface area (Å²) in [6.07, 6.45) is 6.54. The third-order valence-electron chi connectivity index (χ3n) is 3.55. The van der Waals surface area contributed by atoms with Crippen molar-refractivity contribution in [3.63, 3.8) is 0 Å². The van der Waals surface area contributed by atoms with Gasteiger partial charge in [0.1, 0.15) is 5.69 Å². The van der Waals surface area contributed by atoms with Gasteiger partial charge in [-0.15, -0.1) is 0 Å². The molecule has 18 heavy (non-hydrogen) atoms. The second kappa shape index (κ2) is 5.97. The Hall–Kier alpha value is -0.680. The van der Waals surface area contributed by atoms with Crippen molar-refractivity contribution in [1.82, 2.24) is 9.78 Å². The van der Waals surface area contributed by atoms with E-state index < -0.39 is 0 Å². The van der Waals surface area contributed by atoms with Crippen LogP contribution in [0.2, 0.25) is 0 Å². The number of halogens is 1. The number of nitrogens with two attached hydrogens (primary N) is 1. The standard InChI is InChI=1S/C13H20BrN3O/c1-2-6-17-12(11(14)8-16-17)13(18)9-4-3-5-10(15)7-9/h8-10H,2-7,15H2,1H3. The highest BCUT2D eigenvalue weighted by Gasteiger charge is 2.29. The van der Waals surface area contributed by atoms with Crippen LogP contribution in [-0.4, -0.2) is 21.6 Å². The summed E-state index contributed by atoms with van der Waals surface area (Å²) in [5, 5.41) is 4.26. The maximum atomic E-state index is 12.6. The van der Waals surface area contributed by atoms with Gasteiger partial charge in [-0.2, -0.15) is 5.10 Å². The van der Waals surface area contributed by atoms with E-state index in [0.717, 1.165) is 48.8 Å². The third kappa shape index (κ3) is 2.83. The minimum atomic E-state index is 0.0670. The molecule has 1 aliphatic carbocycles. The largest absolute Gasteiger partial charge is 0.328 e. The lowest BCUT2D eigenvalue weighted by atomic mass is 9.82. The van der Waals surface area contributed by atoms with Gasteiger partial charge in [-0.25, -0.2) is 0 Å². The highest BCUT2D eigenvalue weighted by Crippen LogP contribution is 2.29. The fraction of sp³-hybridized carbons (Fsp3) is 0.692. The van der Waals surface area contributed by atoms with Crippen molar-refractivity contribution in [3.8, 4) is 0 Å². The van der Waals surface area contributed by atoms with Crippen LogP contribution >= 0.6 is 15.9 Å². The summed E-state index contributed by atoms with van der Waals surface area (Å²) in [7, 11) is 0. The average molecular weight is 314 g/mol. The van der Waals surface area contributed by atoms with Crippen molar-refractivity contribution in [1.29, 1.82) is 0 Å². The molecule has 1 aromatic rings. The molecule has 0 radical (unpaired) electrons. The Kier molecular flexibility index (Phi) is 4.56. The van der Waals surface area contributed by atoms with Gasteiger partial charge in [0.15, 0.2) is 5.78 Å². The van der Waals surface area contributed by atoms with Crippen molar-refractivity contribution in [2.75, 3.05) is 0 Å². The van der Waals surface area contributed by atoms with Gasteiger partial charge in [0.05, 0.1) is 10.7 Å². The fourth-order valence-corrected chi connectivity index (χ4v) is 3.14. The van der Waals surface area contributed by atoms with Crippen molar-refractivity contribution < 1.29 is 4.79 Å². The number of Topliss-reactive ketones (excluding diaryl/α,β-unsaturated/α-hetero) is 1. The molecule has 2 unspecified atom stereocenters. The van der Waals surface area contributed by atoms with Crippen LogP contribution in [-0.2, 0) is 6.54 Å². The van der Waals surface area contributed by atoms with E-state index in [1.54, 1.807) is 6.20 Å². The number of carbonyl (C=O) groups excluding carboxylic acids is 1. The molecule has 0 aliphatic heterocycles. The fourth-order valence-electron chi connectivity index (χ4n) is 2.65. The van der Waals surface area contributed by atoms with E-state index in [9.17, 15) is 4.79 Å². The summed E-state index contributed by atoms with van der Waals surface area (Å²) in [5.74, 6) is 0.264. The second-order valence-electron chi connectivity index (χ2n) is 5.05. The molecule has 100 valence electrons. The third-order valence-corrected chi connectivity index (χ3v) is 4.13. The molecular formula is C13H20BrN3O. The van der Waals surface area contributed by atoms with Crippen LogP contribution in [0.5, 0.6) is 0 Å². The Balaban J connectivity index is 2.19. The summed E-state index contributed by atoms with van der Waals surface area (Å²) in [5.41, 5.74) is 6.68. The number of carbonyl (C=O) groups is 1. The first-order chi connectivity index (χ1) is 8.63. The molecule has 0 saturated heterocycles. The predicted octanol–water partition coefficient (Wildman–Crippen LogP) is 2.76. The summed E-state index contributed by atoms with van der Waals surface area (Å²) >= 11 is 3.43. The molecule has 1 aliphatic rings. The van der Waals surface area contributed by atoms with E-state index in [1.165, 1.54) is 0 Å². The average Bonchev–Trinajstić information content (AvgIpc) is 2.70. The van der Waals surface area contributed by atoms with Crippen LogP contribution in [0.1, 0.15) is 49.5 Å². The number of hydrogen-bond donors (Lipinski definition) is 1. The van der Waals surface area contributed by atoms with Crippen molar-refractivity contribution in [2.45, 2.75) is 51.6 Å². The Morgan fingerprint density at radius 1 is 1.61 bits per heavy atom. The molecule has 2 N–H and O–H groups in total. The molecule has 0 bridgehead atoms. The first-order valence-corrected chi connectivity index (χ1v) is 7.43. The van der Waals surface area contributed by atoms with E-state index in [-0.39, 0.29) is 17.7 Å². The number of aryl methyl sites for hydroxylation is 1. The molecule has 0 spiro atoms. The van der Waals surface area contributed by atoms with Crippen LogP contribution in [0.3, 0.4) is 0 Å². The Morgan fingerprint density at radius 2 is 2.39 bits per heavy atom. The minimum Gasteiger partial charge on any atom is -0.328 e. The van der Waals surface area contributed by atoms with Crippen molar-refractivity contribution >= 4 is 21.7 Å². The molecule has 1 heterocycles. The molecule has 0 aromatic carbocycles. The molecule has 2 rings (SSSR count). The lowest BCUT2D eigenvalue weighted by Gasteiger charge is -2.25. The molecule has 1 aromatic heterocycles. The zero-order chi connectivity index (χ0) is 13.1. The van der Waals surface area contributed by atoms with Gasteiger partial charge in [-0.3, -0.25) is 9.48 Å². The molecule has 5 heteroatoms. The number of hydrogen-bond acceptors (Lipinski definition) is 3. The van der Waals surface area contributed by atoms with E-state index in [4.69, 9.17) is 5.73 Å². The van der Waals surface area contributed by atoms with Crippen LogP contribution in [0.15, 0.2) is 10.7 Å². The van der Waals surface area contributed by atoms with Gasteiger partial charge in [0.25, 0.3) is 0 Å². The number of aromatic nitrogens is 2. The summed E-state index contributed by atoms with van der Waals surface area (Å²) in [6.45, 7) is 2.87. The zero-order valence-electron chi connectivity index (χ0n) is 10.7. The Labute approximate surface area is 116 Å². The maximum Gasteiger partial charge on any atom is 0.185 e. The number of nitrogens with zero attached hydrogens (tertiary/aromatic N) is 2. The van der Waals surface area contributed by atoms with Gasteiger partial charge in [0, 0.05) is 18.5 Å². The molecule has 1 fully saturated rings. The predicted molar refractivity (Wildman–Crippen MR) is 74.5 cm³/mol. The summed E-state index contributed by atoms with van der Waals surface area (Å²) < 4.78 is 2.62. The van der Waals surface area contributed by atoms with Crippen LogP contribution in [0.25, 0.3) is 0 Å². The van der Waals surface area contributed by atoms with Crippen LogP contribution in [0, 0.1) is 5.92 Å². The molecule has 2 atom stereocenters. The van der Waals surface area contributed by atoms with Gasteiger partial charge in [0.2, 0.25) is 0 Å². The quantitative estimate of drug-likeness (QED) is 0.869. The number of rotatable bonds is 4. The zero-order valence-corrected chi connectivity index (χ0v) is 12.3. The van der Waals surface area contributed by atoms with E-state index in [1.807, 2.05) is 4.68 Å². The molecular weight excluding hydrogens is 294 g/mol. The van der Waals surface area contributed by atoms with Gasteiger partial charge < -0.3 is 5.73 Å². The van der Waals surface area contributed by atoms with E-state index in [0.29, 0.717) is 0 Å². The SMILES string of the molecule is CCCn1ncc(Br)c1C(=O)C1CCCC(N)C1. The van der Waals surface area contributed by atoms with Crippen LogP contribution in [0.4, 0.5) is 0 Å². The first kappa shape index (κ1) is 13.7. The maximum absolute atomic E-state index is 12.6. The van der Waals surface area contributed by atoms with Crippen LogP contribution < -0.4 is 5.73 Å². The lowest BCUT2D eigenvalue weighted by Crippen LogP contribution is -2.32. The van der Waals surface area contributed by atoms with Gasteiger partial charge in [-0.05, 0) is 41.6 Å². The van der Waals surface area contributed by atoms with E-state index in [2.05, 4.69) is 28.0 Å². The summed E-state index contributed by atoms with van der Waals surface area (Å²) in [6, 6.07) is 0.175. The smallest absolute Gasteiger partial charge is 0.185 e. The number of ketones is 1. The molecule has 1 saturated carbocycles. The topological polar surface area (TPSA) is 60.9 Å². The van der Waals surface area contributed by atoms with Crippen molar-refractivity contribution in [3.05, 3.63) is 16.4 Å². The molecule has 0 amide bonds. The molecule has 4 nitrogen and oxygen atoms in total. The highest BCUT2D eigenvalue weighted by molar-refractivity contribution is 9.10. The van der Waals surface area contributed by atoms with Gasteiger partial charge >= 0.3 is 0 Å².